The van der Waals surface area contributed by atoms with Crippen LogP contribution in [0.3, 0.4) is 0 Å². The Kier molecular flexibility index (Phi) is 6.86. The van der Waals surface area contributed by atoms with Crippen molar-refractivity contribution in [2.75, 3.05) is 32.7 Å². The van der Waals surface area contributed by atoms with Crippen LogP contribution in [0.5, 0.6) is 0 Å². The average molecular weight is 442 g/mol. The van der Waals surface area contributed by atoms with Crippen LogP contribution in [0, 0.1) is 6.92 Å². The van der Waals surface area contributed by atoms with Crippen LogP contribution in [0.4, 0.5) is 0 Å². The summed E-state index contributed by atoms with van der Waals surface area (Å²) in [6.45, 7) is 10.9. The summed E-state index contributed by atoms with van der Waals surface area (Å²) in [5.74, 6) is 1.01. The van der Waals surface area contributed by atoms with Gasteiger partial charge in [0.15, 0.2) is 5.96 Å². The fraction of sp³-hybridized carbons (Fsp3) is 0.529. The fourth-order valence-corrected chi connectivity index (χ4v) is 5.06. The van der Waals surface area contributed by atoms with Crippen LogP contribution in [0.1, 0.15) is 21.7 Å². The van der Waals surface area contributed by atoms with Crippen LogP contribution in [0.25, 0.3) is 0 Å². The molecule has 3 heterocycles. The highest BCUT2D eigenvalue weighted by Gasteiger charge is 2.20. The second-order valence-corrected chi connectivity index (χ2v) is 9.87. The van der Waals surface area contributed by atoms with Gasteiger partial charge in [-0.3, -0.25) is 4.90 Å². The van der Waals surface area contributed by atoms with Gasteiger partial charge in [0.25, 0.3) is 0 Å². The third-order valence-corrected chi connectivity index (χ3v) is 6.55. The van der Waals surface area contributed by atoms with Gasteiger partial charge < -0.3 is 10.2 Å². The zero-order valence-electron chi connectivity index (χ0n) is 14.7. The predicted molar refractivity (Wildman–Crippen MR) is 111 cm³/mol. The quantitative estimate of drug-likeness (QED) is 0.568. The number of nitrogens with one attached hydrogen (secondary N) is 1. The number of thiophene rings is 1. The van der Waals surface area contributed by atoms with Crippen molar-refractivity contribution < 1.29 is 0 Å². The molecule has 3 rings (SSSR count). The molecule has 8 heteroatoms. The lowest BCUT2D eigenvalue weighted by Gasteiger charge is -2.36. The maximum absolute atomic E-state index is 4.79. The summed E-state index contributed by atoms with van der Waals surface area (Å²) in [4.78, 5) is 16.7. The van der Waals surface area contributed by atoms with Crippen LogP contribution in [0.15, 0.2) is 27.1 Å². The first-order valence-electron chi connectivity index (χ1n) is 8.55. The molecule has 0 aliphatic carbocycles. The highest BCUT2D eigenvalue weighted by atomic mass is 79.9. The molecule has 0 saturated carbocycles. The monoisotopic (exact) mass is 441 g/mol. The van der Waals surface area contributed by atoms with Gasteiger partial charge in [-0.25, -0.2) is 9.98 Å². The van der Waals surface area contributed by atoms with Gasteiger partial charge in [-0.05, 0) is 41.9 Å². The molecule has 25 heavy (non-hydrogen) atoms. The van der Waals surface area contributed by atoms with Crippen molar-refractivity contribution in [3.8, 4) is 0 Å². The highest BCUT2D eigenvalue weighted by molar-refractivity contribution is 9.11. The summed E-state index contributed by atoms with van der Waals surface area (Å²) < 4.78 is 1.21. The zero-order chi connectivity index (χ0) is 17.6. The van der Waals surface area contributed by atoms with Crippen molar-refractivity contribution in [3.05, 3.63) is 36.9 Å². The first-order valence-corrected chi connectivity index (χ1v) is 11.0. The number of aliphatic imine (C=N–C) groups is 1. The van der Waals surface area contributed by atoms with Gasteiger partial charge in [0, 0.05) is 55.2 Å². The number of halogens is 1. The van der Waals surface area contributed by atoms with E-state index in [0.717, 1.165) is 50.2 Å². The Morgan fingerprint density at radius 3 is 2.68 bits per heavy atom. The number of rotatable bonds is 5. The topological polar surface area (TPSA) is 43.8 Å². The molecule has 1 aliphatic heterocycles. The first-order chi connectivity index (χ1) is 12.1. The lowest BCUT2D eigenvalue weighted by molar-refractivity contribution is 0.173. The minimum absolute atomic E-state index is 0.657. The maximum atomic E-state index is 4.79. The molecule has 1 aliphatic rings. The molecule has 2 aromatic heterocycles. The molecule has 2 aromatic rings. The molecular weight excluding hydrogens is 418 g/mol. The van der Waals surface area contributed by atoms with Gasteiger partial charge in [0.1, 0.15) is 5.01 Å². The molecule has 0 bridgehead atoms. The Labute approximate surface area is 165 Å². The van der Waals surface area contributed by atoms with Gasteiger partial charge in [0.2, 0.25) is 0 Å². The van der Waals surface area contributed by atoms with E-state index in [9.17, 15) is 0 Å². The van der Waals surface area contributed by atoms with Crippen LogP contribution < -0.4 is 5.32 Å². The number of hydrogen-bond donors (Lipinski definition) is 1. The fourth-order valence-electron chi connectivity index (χ4n) is 2.82. The number of hydrogen-bond acceptors (Lipinski definition) is 5. The minimum Gasteiger partial charge on any atom is -0.357 e. The van der Waals surface area contributed by atoms with E-state index in [-0.39, 0.29) is 0 Å². The number of aryl methyl sites for hydroxylation is 1. The molecule has 0 amide bonds. The predicted octanol–water partition coefficient (Wildman–Crippen LogP) is 3.56. The smallest absolute Gasteiger partial charge is 0.194 e. The Morgan fingerprint density at radius 1 is 1.28 bits per heavy atom. The standard InChI is InChI=1S/C17H24BrN5S2/c1-3-19-17(21-11-16-20-10-13(2)24-16)23-8-6-22(7-9-23)12-14-4-5-15(18)25-14/h4-5,10H,3,6-9,11-12H2,1-2H3,(H,19,21). The van der Waals surface area contributed by atoms with Crippen LogP contribution >= 0.6 is 38.6 Å². The van der Waals surface area contributed by atoms with E-state index < -0.39 is 0 Å². The molecule has 0 unspecified atom stereocenters. The van der Waals surface area contributed by atoms with E-state index in [1.54, 1.807) is 11.3 Å². The number of nitrogens with zero attached hydrogens (tertiary/aromatic N) is 4. The van der Waals surface area contributed by atoms with Crippen LogP contribution in [0.2, 0.25) is 0 Å². The number of piperazine rings is 1. The summed E-state index contributed by atoms with van der Waals surface area (Å²) in [7, 11) is 0. The molecule has 1 N–H and O–H groups in total. The van der Waals surface area contributed by atoms with Gasteiger partial charge in [0.05, 0.1) is 10.3 Å². The van der Waals surface area contributed by atoms with E-state index in [1.165, 1.54) is 13.5 Å². The Morgan fingerprint density at radius 2 is 2.08 bits per heavy atom. The van der Waals surface area contributed by atoms with Gasteiger partial charge in [-0.2, -0.15) is 0 Å². The molecule has 136 valence electrons. The Hall–Kier alpha value is -0.960. The van der Waals surface area contributed by atoms with Crippen molar-refractivity contribution in [1.82, 2.24) is 20.1 Å². The lowest BCUT2D eigenvalue weighted by atomic mass is 10.3. The third-order valence-electron chi connectivity index (χ3n) is 4.05. The minimum atomic E-state index is 0.657. The Balaban J connectivity index is 1.54. The van der Waals surface area contributed by atoms with Gasteiger partial charge >= 0.3 is 0 Å². The summed E-state index contributed by atoms with van der Waals surface area (Å²) in [5.41, 5.74) is 0. The SMILES string of the molecule is CCNC(=NCc1ncc(C)s1)N1CCN(Cc2ccc(Br)s2)CC1. The third kappa shape index (κ3) is 5.51. The van der Waals surface area contributed by atoms with E-state index >= 15 is 0 Å². The van der Waals surface area contributed by atoms with Crippen molar-refractivity contribution in [2.45, 2.75) is 26.9 Å². The average Bonchev–Trinajstić information content (AvgIpc) is 3.20. The molecule has 5 nitrogen and oxygen atoms in total. The van der Waals surface area contributed by atoms with E-state index in [2.05, 4.69) is 62.0 Å². The summed E-state index contributed by atoms with van der Waals surface area (Å²) in [6, 6.07) is 4.34. The van der Waals surface area contributed by atoms with Crippen molar-refractivity contribution in [3.63, 3.8) is 0 Å². The molecule has 1 saturated heterocycles. The summed E-state index contributed by atoms with van der Waals surface area (Å²) in [6.07, 6.45) is 1.92. The normalized spacial score (nSPS) is 16.4. The second-order valence-electron chi connectivity index (χ2n) is 6.00. The second kappa shape index (κ2) is 9.12. The summed E-state index contributed by atoms with van der Waals surface area (Å²) in [5, 5.41) is 4.51. The van der Waals surface area contributed by atoms with Gasteiger partial charge in [-0.15, -0.1) is 22.7 Å². The molecule has 0 aromatic carbocycles. The molecule has 0 atom stereocenters. The molecule has 0 radical (unpaired) electrons. The number of thiazole rings is 1. The van der Waals surface area contributed by atoms with Crippen LogP contribution in [-0.2, 0) is 13.1 Å². The molecular formula is C17H24BrN5S2. The largest absolute Gasteiger partial charge is 0.357 e. The van der Waals surface area contributed by atoms with Crippen LogP contribution in [-0.4, -0.2) is 53.5 Å². The lowest BCUT2D eigenvalue weighted by Crippen LogP contribution is -2.52. The van der Waals surface area contributed by atoms with E-state index in [4.69, 9.17) is 4.99 Å². The first kappa shape index (κ1) is 18.8. The van der Waals surface area contributed by atoms with E-state index in [0.29, 0.717) is 6.54 Å². The van der Waals surface area contributed by atoms with Crippen molar-refractivity contribution in [2.24, 2.45) is 4.99 Å². The number of aromatic nitrogens is 1. The Bertz CT molecular complexity index is 703. The van der Waals surface area contributed by atoms with Crippen molar-refractivity contribution >= 4 is 44.6 Å². The number of guanidine groups is 1. The van der Waals surface area contributed by atoms with E-state index in [1.807, 2.05) is 17.5 Å². The molecule has 0 spiro atoms. The highest BCUT2D eigenvalue weighted by Crippen LogP contribution is 2.23. The van der Waals surface area contributed by atoms with Gasteiger partial charge in [-0.1, -0.05) is 0 Å². The zero-order valence-corrected chi connectivity index (χ0v) is 17.9. The molecule has 1 fully saturated rings. The summed E-state index contributed by atoms with van der Waals surface area (Å²) >= 11 is 7.09. The van der Waals surface area contributed by atoms with Crippen molar-refractivity contribution in [1.29, 1.82) is 0 Å². The maximum Gasteiger partial charge on any atom is 0.194 e.